The van der Waals surface area contributed by atoms with Gasteiger partial charge in [0.05, 0.1) is 7.11 Å². The molecule has 0 aliphatic carbocycles. The Hall–Kier alpha value is -1.51. The molecule has 1 aromatic heterocycles. The monoisotopic (exact) mass is 205 g/mol. The summed E-state index contributed by atoms with van der Waals surface area (Å²) >= 11 is 0. The van der Waals surface area contributed by atoms with Crippen molar-refractivity contribution < 1.29 is 9.26 Å². The van der Waals surface area contributed by atoms with Crippen molar-refractivity contribution in [2.24, 2.45) is 0 Å². The van der Waals surface area contributed by atoms with E-state index in [1.165, 1.54) is 5.56 Å². The molecule has 2 aromatic rings. The Morgan fingerprint density at radius 3 is 2.60 bits per heavy atom. The van der Waals surface area contributed by atoms with Crippen LogP contribution in [-0.2, 0) is 5.41 Å². The Balaban J connectivity index is 2.69. The maximum atomic E-state index is 5.30. The largest absolute Gasteiger partial charge is 0.494 e. The second-order valence-electron chi connectivity index (χ2n) is 4.68. The van der Waals surface area contributed by atoms with Gasteiger partial charge >= 0.3 is 0 Å². The zero-order chi connectivity index (χ0) is 11.1. The summed E-state index contributed by atoms with van der Waals surface area (Å²) in [6.07, 6.45) is 1.65. The van der Waals surface area contributed by atoms with Gasteiger partial charge in [0.15, 0.2) is 5.52 Å². The van der Waals surface area contributed by atoms with Crippen LogP contribution in [0.25, 0.3) is 10.9 Å². The zero-order valence-electron chi connectivity index (χ0n) is 9.50. The van der Waals surface area contributed by atoms with E-state index in [1.807, 2.05) is 6.07 Å². The average Bonchev–Trinajstić information content (AvgIpc) is 2.62. The molecule has 0 aliphatic rings. The Morgan fingerprint density at radius 2 is 2.00 bits per heavy atom. The molecule has 0 atom stereocenters. The zero-order valence-corrected chi connectivity index (χ0v) is 9.50. The SMILES string of the molecule is COc1cc(C(C)(C)C)cc2conc12. The molecule has 0 unspecified atom stereocenters. The van der Waals surface area contributed by atoms with E-state index in [0.29, 0.717) is 0 Å². The number of rotatable bonds is 1. The van der Waals surface area contributed by atoms with Crippen molar-refractivity contribution in [3.63, 3.8) is 0 Å². The van der Waals surface area contributed by atoms with Crippen molar-refractivity contribution in [3.8, 4) is 5.75 Å². The van der Waals surface area contributed by atoms with E-state index in [-0.39, 0.29) is 5.41 Å². The van der Waals surface area contributed by atoms with E-state index in [9.17, 15) is 0 Å². The molecule has 3 nitrogen and oxygen atoms in total. The van der Waals surface area contributed by atoms with Crippen LogP contribution in [0.1, 0.15) is 26.3 Å². The summed E-state index contributed by atoms with van der Waals surface area (Å²) in [7, 11) is 1.65. The predicted molar refractivity (Wildman–Crippen MR) is 59.3 cm³/mol. The third-order valence-electron chi connectivity index (χ3n) is 2.51. The van der Waals surface area contributed by atoms with Crippen molar-refractivity contribution in [3.05, 3.63) is 24.0 Å². The van der Waals surface area contributed by atoms with Crippen LogP contribution >= 0.6 is 0 Å². The van der Waals surface area contributed by atoms with Gasteiger partial charge in [0.25, 0.3) is 0 Å². The third kappa shape index (κ3) is 1.69. The number of ether oxygens (including phenoxy) is 1. The molecule has 0 saturated heterocycles. The quantitative estimate of drug-likeness (QED) is 0.717. The molecular weight excluding hydrogens is 190 g/mol. The summed E-state index contributed by atoms with van der Waals surface area (Å²) in [4.78, 5) is 0. The van der Waals surface area contributed by atoms with E-state index >= 15 is 0 Å². The molecule has 0 fully saturated rings. The van der Waals surface area contributed by atoms with Crippen LogP contribution in [0.4, 0.5) is 0 Å². The highest BCUT2D eigenvalue weighted by Gasteiger charge is 2.17. The van der Waals surface area contributed by atoms with Crippen molar-refractivity contribution in [1.82, 2.24) is 5.16 Å². The Morgan fingerprint density at radius 1 is 1.27 bits per heavy atom. The van der Waals surface area contributed by atoms with Crippen molar-refractivity contribution in [2.75, 3.05) is 7.11 Å². The van der Waals surface area contributed by atoms with E-state index in [2.05, 4.69) is 32.0 Å². The molecule has 0 N–H and O–H groups in total. The lowest BCUT2D eigenvalue weighted by atomic mass is 9.86. The molecule has 80 valence electrons. The number of benzene rings is 1. The molecule has 1 aromatic carbocycles. The molecule has 0 amide bonds. The van der Waals surface area contributed by atoms with Gasteiger partial charge in [-0.1, -0.05) is 25.9 Å². The number of methoxy groups -OCH3 is 1. The number of hydrogen-bond acceptors (Lipinski definition) is 3. The fraction of sp³-hybridized carbons (Fsp3) is 0.417. The molecule has 0 radical (unpaired) electrons. The minimum absolute atomic E-state index is 0.0960. The second kappa shape index (κ2) is 3.26. The van der Waals surface area contributed by atoms with Crippen LogP contribution in [0.15, 0.2) is 22.9 Å². The first-order chi connectivity index (χ1) is 7.02. The third-order valence-corrected chi connectivity index (χ3v) is 2.51. The van der Waals surface area contributed by atoms with Gasteiger partial charge in [0.1, 0.15) is 12.0 Å². The smallest absolute Gasteiger partial charge is 0.155 e. The van der Waals surface area contributed by atoms with Crippen LogP contribution < -0.4 is 4.74 Å². The average molecular weight is 205 g/mol. The predicted octanol–water partition coefficient (Wildman–Crippen LogP) is 3.13. The Labute approximate surface area is 89.0 Å². The van der Waals surface area contributed by atoms with Gasteiger partial charge in [-0.25, -0.2) is 0 Å². The van der Waals surface area contributed by atoms with Crippen molar-refractivity contribution in [1.29, 1.82) is 0 Å². The van der Waals surface area contributed by atoms with Crippen molar-refractivity contribution in [2.45, 2.75) is 26.2 Å². The fourth-order valence-corrected chi connectivity index (χ4v) is 1.54. The highest BCUT2D eigenvalue weighted by atomic mass is 16.5. The van der Waals surface area contributed by atoms with Gasteiger partial charge in [-0.15, -0.1) is 0 Å². The van der Waals surface area contributed by atoms with E-state index < -0.39 is 0 Å². The lowest BCUT2D eigenvalue weighted by molar-refractivity contribution is 0.403. The fourth-order valence-electron chi connectivity index (χ4n) is 1.54. The van der Waals surface area contributed by atoms with Gasteiger partial charge in [-0.2, -0.15) is 0 Å². The molecule has 0 saturated carbocycles. The van der Waals surface area contributed by atoms with Gasteiger partial charge in [-0.05, 0) is 23.1 Å². The van der Waals surface area contributed by atoms with Gasteiger partial charge in [-0.3, -0.25) is 0 Å². The minimum atomic E-state index is 0.0960. The number of aromatic nitrogens is 1. The van der Waals surface area contributed by atoms with Crippen LogP contribution in [0, 0.1) is 0 Å². The standard InChI is InChI=1S/C12H15NO2/c1-12(2,3)9-5-8-7-15-13-11(8)10(6-9)14-4/h5-7H,1-4H3. The topological polar surface area (TPSA) is 35.3 Å². The normalized spacial score (nSPS) is 12.0. The van der Waals surface area contributed by atoms with Crippen molar-refractivity contribution >= 4 is 10.9 Å². The molecule has 2 rings (SSSR count). The molecular formula is C12H15NO2. The summed E-state index contributed by atoms with van der Waals surface area (Å²) in [5.41, 5.74) is 2.10. The highest BCUT2D eigenvalue weighted by molar-refractivity contribution is 5.84. The molecule has 0 aliphatic heterocycles. The van der Waals surface area contributed by atoms with Gasteiger partial charge in [0, 0.05) is 5.39 Å². The lowest BCUT2D eigenvalue weighted by Gasteiger charge is -2.19. The van der Waals surface area contributed by atoms with Crippen LogP contribution in [0.2, 0.25) is 0 Å². The maximum absolute atomic E-state index is 5.30. The molecule has 3 heteroatoms. The Bertz CT molecular complexity index is 480. The molecule has 1 heterocycles. The van der Waals surface area contributed by atoms with E-state index in [4.69, 9.17) is 9.26 Å². The van der Waals surface area contributed by atoms with E-state index in [1.54, 1.807) is 13.4 Å². The summed E-state index contributed by atoms with van der Waals surface area (Å²) in [6.45, 7) is 6.50. The van der Waals surface area contributed by atoms with Gasteiger partial charge < -0.3 is 9.26 Å². The maximum Gasteiger partial charge on any atom is 0.155 e. The minimum Gasteiger partial charge on any atom is -0.494 e. The van der Waals surface area contributed by atoms with Crippen LogP contribution in [-0.4, -0.2) is 12.3 Å². The van der Waals surface area contributed by atoms with Crippen LogP contribution in [0.5, 0.6) is 5.75 Å². The first-order valence-corrected chi connectivity index (χ1v) is 4.95. The number of hydrogen-bond donors (Lipinski definition) is 0. The summed E-state index contributed by atoms with van der Waals surface area (Å²) in [5.74, 6) is 0.770. The first kappa shape index (κ1) is 10.0. The summed E-state index contributed by atoms with van der Waals surface area (Å²) in [5, 5.41) is 4.90. The summed E-state index contributed by atoms with van der Waals surface area (Å²) in [6, 6.07) is 4.11. The molecule has 0 spiro atoms. The number of fused-ring (bicyclic) bond motifs is 1. The summed E-state index contributed by atoms with van der Waals surface area (Å²) < 4.78 is 10.2. The second-order valence-corrected chi connectivity index (χ2v) is 4.68. The Kier molecular flexibility index (Phi) is 2.18. The first-order valence-electron chi connectivity index (χ1n) is 4.95. The van der Waals surface area contributed by atoms with Crippen LogP contribution in [0.3, 0.4) is 0 Å². The molecule has 15 heavy (non-hydrogen) atoms. The lowest BCUT2D eigenvalue weighted by Crippen LogP contribution is -2.11. The van der Waals surface area contributed by atoms with Gasteiger partial charge in [0.2, 0.25) is 0 Å². The molecule has 0 bridgehead atoms. The highest BCUT2D eigenvalue weighted by Crippen LogP contribution is 2.32. The number of nitrogens with zero attached hydrogens (tertiary/aromatic N) is 1. The van der Waals surface area contributed by atoms with E-state index in [0.717, 1.165) is 16.7 Å².